The van der Waals surface area contributed by atoms with Crippen LogP contribution >= 0.6 is 11.8 Å². The van der Waals surface area contributed by atoms with E-state index in [2.05, 4.69) is 14.7 Å². The van der Waals surface area contributed by atoms with Gasteiger partial charge in [0, 0.05) is 24.6 Å². The van der Waals surface area contributed by atoms with Crippen molar-refractivity contribution >= 4 is 17.7 Å². The number of carbonyl (C=O) groups excluding carboxylic acids is 1. The van der Waals surface area contributed by atoms with E-state index >= 15 is 0 Å². The fourth-order valence-electron chi connectivity index (χ4n) is 0.817. The maximum absolute atomic E-state index is 10.7. The summed E-state index contributed by atoms with van der Waals surface area (Å²) in [5, 5.41) is 0.893. The summed E-state index contributed by atoms with van der Waals surface area (Å²) in [6, 6.07) is 0. The number of thioether (sulfide) groups is 1. The molecule has 1 aromatic rings. The Morgan fingerprint density at radius 1 is 1.77 bits per heavy atom. The largest absolute Gasteiger partial charge is 0.469 e. The van der Waals surface area contributed by atoms with Crippen LogP contribution in [0.3, 0.4) is 0 Å². The summed E-state index contributed by atoms with van der Waals surface area (Å²) < 4.78 is 4.52. The highest BCUT2D eigenvalue weighted by atomic mass is 32.2. The first-order chi connectivity index (χ1) is 6.33. The standard InChI is InChI=1S/C8H12N2O2S/c1-12-7(11)3-2-6-13-8-9-4-5-10-8/h4-5H,2-3,6H2,1H3,(H,9,10). The minimum absolute atomic E-state index is 0.153. The van der Waals surface area contributed by atoms with E-state index in [9.17, 15) is 4.79 Å². The van der Waals surface area contributed by atoms with Crippen LogP contribution in [0.4, 0.5) is 0 Å². The predicted molar refractivity (Wildman–Crippen MR) is 50.6 cm³/mol. The molecule has 0 atom stereocenters. The van der Waals surface area contributed by atoms with Crippen LogP contribution in [-0.4, -0.2) is 28.8 Å². The molecule has 1 N–H and O–H groups in total. The van der Waals surface area contributed by atoms with Crippen molar-refractivity contribution in [3.63, 3.8) is 0 Å². The quantitative estimate of drug-likeness (QED) is 0.444. The van der Waals surface area contributed by atoms with Gasteiger partial charge in [-0.3, -0.25) is 4.79 Å². The van der Waals surface area contributed by atoms with Crippen LogP contribution in [0.1, 0.15) is 12.8 Å². The molecule has 0 aliphatic rings. The Bertz CT molecular complexity index is 249. The van der Waals surface area contributed by atoms with Gasteiger partial charge in [0.2, 0.25) is 0 Å². The number of imidazole rings is 1. The maximum atomic E-state index is 10.7. The van der Waals surface area contributed by atoms with Crippen LogP contribution in [-0.2, 0) is 9.53 Å². The number of carbonyl (C=O) groups is 1. The Morgan fingerprint density at radius 3 is 3.23 bits per heavy atom. The highest BCUT2D eigenvalue weighted by Crippen LogP contribution is 2.13. The minimum atomic E-state index is -0.153. The number of H-pyrrole nitrogens is 1. The number of aromatic nitrogens is 2. The smallest absolute Gasteiger partial charge is 0.305 e. The summed E-state index contributed by atoms with van der Waals surface area (Å²) in [5.41, 5.74) is 0. The molecule has 4 nitrogen and oxygen atoms in total. The fourth-order valence-corrected chi connectivity index (χ4v) is 1.59. The van der Waals surface area contributed by atoms with Gasteiger partial charge in [0.1, 0.15) is 0 Å². The van der Waals surface area contributed by atoms with Crippen LogP contribution in [0.2, 0.25) is 0 Å². The maximum Gasteiger partial charge on any atom is 0.305 e. The second-order valence-electron chi connectivity index (χ2n) is 2.42. The number of nitrogens with zero attached hydrogens (tertiary/aromatic N) is 1. The van der Waals surface area contributed by atoms with E-state index in [1.807, 2.05) is 0 Å². The van der Waals surface area contributed by atoms with Gasteiger partial charge in [0.25, 0.3) is 0 Å². The third-order valence-corrected chi connectivity index (χ3v) is 2.45. The zero-order valence-corrected chi connectivity index (χ0v) is 8.26. The lowest BCUT2D eigenvalue weighted by molar-refractivity contribution is -0.140. The number of aromatic amines is 1. The molecule has 0 radical (unpaired) electrons. The summed E-state index contributed by atoms with van der Waals surface area (Å²) in [6.45, 7) is 0. The van der Waals surface area contributed by atoms with E-state index in [0.717, 1.165) is 17.3 Å². The van der Waals surface area contributed by atoms with Gasteiger partial charge in [-0.05, 0) is 6.42 Å². The van der Waals surface area contributed by atoms with Crippen molar-refractivity contribution in [2.45, 2.75) is 18.0 Å². The molecule has 0 spiro atoms. The Hall–Kier alpha value is -0.970. The monoisotopic (exact) mass is 200 g/mol. The molecule has 1 aromatic heterocycles. The molecule has 0 saturated carbocycles. The zero-order valence-electron chi connectivity index (χ0n) is 7.45. The SMILES string of the molecule is COC(=O)CCCSc1ncc[nH]1. The number of hydrogen-bond acceptors (Lipinski definition) is 4. The van der Waals surface area contributed by atoms with Crippen LogP contribution in [0.5, 0.6) is 0 Å². The summed E-state index contributed by atoms with van der Waals surface area (Å²) in [4.78, 5) is 17.7. The average Bonchev–Trinajstić information content (AvgIpc) is 2.64. The van der Waals surface area contributed by atoms with Crippen molar-refractivity contribution in [3.8, 4) is 0 Å². The van der Waals surface area contributed by atoms with E-state index < -0.39 is 0 Å². The molecule has 72 valence electrons. The summed E-state index contributed by atoms with van der Waals surface area (Å²) in [6.07, 6.45) is 4.79. The third kappa shape index (κ3) is 3.98. The molecule has 0 fully saturated rings. The first-order valence-electron chi connectivity index (χ1n) is 4.02. The van der Waals surface area contributed by atoms with Crippen molar-refractivity contribution in [1.29, 1.82) is 0 Å². The Labute approximate surface area is 81.1 Å². The number of methoxy groups -OCH3 is 1. The van der Waals surface area contributed by atoms with E-state index in [1.54, 1.807) is 24.2 Å². The molecule has 5 heteroatoms. The topological polar surface area (TPSA) is 55.0 Å². The second-order valence-corrected chi connectivity index (χ2v) is 3.51. The lowest BCUT2D eigenvalue weighted by atomic mass is 10.3. The van der Waals surface area contributed by atoms with Gasteiger partial charge >= 0.3 is 5.97 Å². The average molecular weight is 200 g/mol. The van der Waals surface area contributed by atoms with Crippen LogP contribution in [0.15, 0.2) is 17.6 Å². The first-order valence-corrected chi connectivity index (χ1v) is 5.00. The van der Waals surface area contributed by atoms with Crippen molar-refractivity contribution in [2.75, 3.05) is 12.9 Å². The van der Waals surface area contributed by atoms with Gasteiger partial charge in [0.05, 0.1) is 7.11 Å². The van der Waals surface area contributed by atoms with E-state index in [4.69, 9.17) is 0 Å². The Kier molecular flexibility index (Phi) is 4.39. The van der Waals surface area contributed by atoms with Gasteiger partial charge < -0.3 is 9.72 Å². The highest BCUT2D eigenvalue weighted by molar-refractivity contribution is 7.99. The number of rotatable bonds is 5. The van der Waals surface area contributed by atoms with Gasteiger partial charge in [-0.2, -0.15) is 0 Å². The molecule has 0 unspecified atom stereocenters. The van der Waals surface area contributed by atoms with Crippen LogP contribution in [0, 0.1) is 0 Å². The van der Waals surface area contributed by atoms with Crippen molar-refractivity contribution < 1.29 is 9.53 Å². The molecule has 13 heavy (non-hydrogen) atoms. The number of hydrogen-bond donors (Lipinski definition) is 1. The summed E-state index contributed by atoms with van der Waals surface area (Å²) in [7, 11) is 1.40. The van der Waals surface area contributed by atoms with Crippen molar-refractivity contribution in [2.24, 2.45) is 0 Å². The molecular formula is C8H12N2O2S. The molecule has 0 aliphatic heterocycles. The van der Waals surface area contributed by atoms with Gasteiger partial charge in [-0.1, -0.05) is 11.8 Å². The molecule has 0 saturated heterocycles. The Morgan fingerprint density at radius 2 is 2.62 bits per heavy atom. The van der Waals surface area contributed by atoms with Crippen LogP contribution in [0.25, 0.3) is 0 Å². The predicted octanol–water partition coefficient (Wildman–Crippen LogP) is 1.45. The van der Waals surface area contributed by atoms with Gasteiger partial charge in [-0.25, -0.2) is 4.98 Å². The molecule has 1 heterocycles. The Balaban J connectivity index is 2.05. The van der Waals surface area contributed by atoms with E-state index in [0.29, 0.717) is 6.42 Å². The lowest BCUT2D eigenvalue weighted by Gasteiger charge is -1.97. The van der Waals surface area contributed by atoms with E-state index in [-0.39, 0.29) is 5.97 Å². The highest BCUT2D eigenvalue weighted by Gasteiger charge is 2.00. The normalized spacial score (nSPS) is 9.92. The van der Waals surface area contributed by atoms with Crippen molar-refractivity contribution in [1.82, 2.24) is 9.97 Å². The van der Waals surface area contributed by atoms with Crippen molar-refractivity contribution in [3.05, 3.63) is 12.4 Å². The third-order valence-electron chi connectivity index (χ3n) is 1.46. The molecule has 1 rings (SSSR count). The summed E-state index contributed by atoms with van der Waals surface area (Å²) >= 11 is 1.61. The van der Waals surface area contributed by atoms with Gasteiger partial charge in [-0.15, -0.1) is 0 Å². The number of nitrogens with one attached hydrogen (secondary N) is 1. The molecular weight excluding hydrogens is 188 g/mol. The fraction of sp³-hybridized carbons (Fsp3) is 0.500. The second kappa shape index (κ2) is 5.64. The molecule has 0 aromatic carbocycles. The molecule has 0 aliphatic carbocycles. The van der Waals surface area contributed by atoms with Crippen LogP contribution < -0.4 is 0 Å². The minimum Gasteiger partial charge on any atom is -0.469 e. The van der Waals surface area contributed by atoms with Gasteiger partial charge in [0.15, 0.2) is 5.16 Å². The lowest BCUT2D eigenvalue weighted by Crippen LogP contribution is -2.00. The molecule has 0 bridgehead atoms. The summed E-state index contributed by atoms with van der Waals surface area (Å²) in [5.74, 6) is 0.725. The molecule has 0 amide bonds. The van der Waals surface area contributed by atoms with E-state index in [1.165, 1.54) is 7.11 Å². The zero-order chi connectivity index (χ0) is 9.52. The number of esters is 1. The first kappa shape index (κ1) is 10.1. The number of ether oxygens (including phenoxy) is 1.